The van der Waals surface area contributed by atoms with Crippen LogP contribution in [0.3, 0.4) is 0 Å². The third-order valence-electron chi connectivity index (χ3n) is 6.03. The number of carbonyl (C=O) groups excluding carboxylic acids is 3. The molecule has 0 spiro atoms. The Kier molecular flexibility index (Phi) is 9.29. The van der Waals surface area contributed by atoms with Gasteiger partial charge in [-0.25, -0.2) is 18.8 Å². The molecule has 224 valence electrons. The number of cyclic esters (lactones) is 1. The highest BCUT2D eigenvalue weighted by Gasteiger charge is 2.37. The zero-order chi connectivity index (χ0) is 29.9. The van der Waals surface area contributed by atoms with Gasteiger partial charge in [-0.2, -0.15) is 0 Å². The van der Waals surface area contributed by atoms with Gasteiger partial charge in [-0.1, -0.05) is 40.0 Å². The Morgan fingerprint density at radius 2 is 1.98 bits per heavy atom. The van der Waals surface area contributed by atoms with Crippen LogP contribution >= 0.6 is 34.8 Å². The van der Waals surface area contributed by atoms with Gasteiger partial charge in [0, 0.05) is 19.2 Å². The fourth-order valence-corrected chi connectivity index (χ4v) is 4.51. The number of amides is 3. The molecule has 1 N–H and O–H groups in total. The van der Waals surface area contributed by atoms with Crippen LogP contribution in [0.15, 0.2) is 35.1 Å². The second-order valence-corrected chi connectivity index (χ2v) is 13.0. The molecule has 2 aromatic rings. The predicted molar refractivity (Wildman–Crippen MR) is 149 cm³/mol. The highest BCUT2D eigenvalue weighted by molar-refractivity contribution is 6.67. The molecule has 2 fully saturated rings. The summed E-state index contributed by atoms with van der Waals surface area (Å²) in [6.07, 6.45) is -1.10. The molecule has 0 saturated carbocycles. The van der Waals surface area contributed by atoms with E-state index in [1.807, 2.05) is 4.90 Å². The van der Waals surface area contributed by atoms with E-state index in [0.717, 1.165) is 4.90 Å². The van der Waals surface area contributed by atoms with Gasteiger partial charge in [0.05, 0.1) is 30.5 Å². The summed E-state index contributed by atoms with van der Waals surface area (Å²) >= 11 is 17.0. The first-order chi connectivity index (χ1) is 19.2. The fraction of sp³-hybridized carbons (Fsp3) is 0.520. The lowest BCUT2D eigenvalue weighted by molar-refractivity contribution is 0.0509. The summed E-state index contributed by atoms with van der Waals surface area (Å²) in [5, 5.41) is 6.54. The number of anilines is 3. The van der Waals surface area contributed by atoms with Crippen LogP contribution in [0.5, 0.6) is 0 Å². The summed E-state index contributed by atoms with van der Waals surface area (Å²) in [6.45, 7) is 5.58. The molecule has 3 heterocycles. The molecule has 2 aliphatic heterocycles. The van der Waals surface area contributed by atoms with Gasteiger partial charge >= 0.3 is 18.3 Å². The van der Waals surface area contributed by atoms with Crippen LogP contribution in [-0.4, -0.2) is 77.8 Å². The van der Waals surface area contributed by atoms with Crippen molar-refractivity contribution in [3.8, 4) is 0 Å². The lowest BCUT2D eigenvalue weighted by Gasteiger charge is -2.23. The van der Waals surface area contributed by atoms with Gasteiger partial charge in [0.1, 0.15) is 30.4 Å². The molecule has 1 unspecified atom stereocenters. The van der Waals surface area contributed by atoms with Gasteiger partial charge < -0.3 is 29.0 Å². The normalized spacial score (nSPS) is 19.2. The van der Waals surface area contributed by atoms with Crippen molar-refractivity contribution in [2.45, 2.75) is 48.7 Å². The SMILES string of the molecule is CC(C)(C)OC(=O)NC1CCN(c2ccc(N3C[C@H](CN(C(=O)OCC(Cl)(Cl)Cl)c4ccon4)OC3=O)cc2F)C1. The summed E-state index contributed by atoms with van der Waals surface area (Å²) in [5.74, 6) is -0.453. The number of nitrogens with zero attached hydrogens (tertiary/aromatic N) is 4. The topological polar surface area (TPSA) is 127 Å². The number of nitrogens with one attached hydrogen (secondary N) is 1. The maximum atomic E-state index is 15.2. The monoisotopic (exact) mass is 635 g/mol. The van der Waals surface area contributed by atoms with Gasteiger partial charge in [-0.3, -0.25) is 9.80 Å². The number of benzene rings is 1. The molecule has 0 aliphatic carbocycles. The van der Waals surface area contributed by atoms with E-state index < -0.39 is 46.2 Å². The molecule has 2 saturated heterocycles. The van der Waals surface area contributed by atoms with E-state index in [0.29, 0.717) is 25.2 Å². The number of alkyl carbamates (subject to hydrolysis) is 1. The second kappa shape index (κ2) is 12.4. The maximum absolute atomic E-state index is 15.2. The average molecular weight is 637 g/mol. The summed E-state index contributed by atoms with van der Waals surface area (Å²) in [4.78, 5) is 41.6. The molecule has 0 radical (unpaired) electrons. The predicted octanol–water partition coefficient (Wildman–Crippen LogP) is 5.26. The van der Waals surface area contributed by atoms with Crippen molar-refractivity contribution >= 4 is 70.3 Å². The van der Waals surface area contributed by atoms with E-state index in [9.17, 15) is 14.4 Å². The number of hydrogen-bond donors (Lipinski definition) is 1. The van der Waals surface area contributed by atoms with Crippen molar-refractivity contribution in [2.75, 3.05) is 47.5 Å². The van der Waals surface area contributed by atoms with Crippen molar-refractivity contribution in [2.24, 2.45) is 0 Å². The number of rotatable bonds is 7. The highest BCUT2D eigenvalue weighted by Crippen LogP contribution is 2.31. The van der Waals surface area contributed by atoms with Crippen LogP contribution in [0, 0.1) is 5.82 Å². The first-order valence-electron chi connectivity index (χ1n) is 12.6. The first-order valence-corrected chi connectivity index (χ1v) is 13.8. The number of ether oxygens (including phenoxy) is 3. The largest absolute Gasteiger partial charge is 0.445 e. The molecule has 2 atom stereocenters. The van der Waals surface area contributed by atoms with Crippen molar-refractivity contribution in [1.82, 2.24) is 10.5 Å². The van der Waals surface area contributed by atoms with Crippen molar-refractivity contribution in [1.29, 1.82) is 0 Å². The van der Waals surface area contributed by atoms with Crippen LogP contribution in [0.1, 0.15) is 27.2 Å². The smallest absolute Gasteiger partial charge is 0.415 e. The molecule has 12 nitrogen and oxygen atoms in total. The molecule has 41 heavy (non-hydrogen) atoms. The van der Waals surface area contributed by atoms with E-state index in [4.69, 9.17) is 53.5 Å². The number of hydrogen-bond acceptors (Lipinski definition) is 9. The average Bonchev–Trinajstić information content (AvgIpc) is 3.61. The summed E-state index contributed by atoms with van der Waals surface area (Å²) in [7, 11) is 0. The van der Waals surface area contributed by atoms with Crippen molar-refractivity contribution < 1.29 is 37.5 Å². The number of aromatic nitrogens is 1. The second-order valence-electron chi connectivity index (χ2n) is 10.5. The zero-order valence-electron chi connectivity index (χ0n) is 22.4. The minimum Gasteiger partial charge on any atom is -0.445 e. The number of carbonyl (C=O) groups is 3. The number of alkyl halides is 3. The molecule has 0 bridgehead atoms. The molecule has 1 aromatic carbocycles. The molecular weight excluding hydrogens is 608 g/mol. The van der Waals surface area contributed by atoms with E-state index in [-0.39, 0.29) is 30.6 Å². The molecule has 2 aliphatic rings. The molecule has 3 amide bonds. The Bertz CT molecular complexity index is 1260. The Labute approximate surface area is 250 Å². The van der Waals surface area contributed by atoms with Crippen molar-refractivity contribution in [3.05, 3.63) is 36.3 Å². The quantitative estimate of drug-likeness (QED) is 0.320. The van der Waals surface area contributed by atoms with E-state index in [1.54, 1.807) is 32.9 Å². The number of halogens is 4. The Balaban J connectivity index is 1.38. The van der Waals surface area contributed by atoms with Crippen LogP contribution in [0.2, 0.25) is 0 Å². The summed E-state index contributed by atoms with van der Waals surface area (Å²) < 4.78 is 34.0. The Hall–Kier alpha value is -3.16. The van der Waals surface area contributed by atoms with Gasteiger partial charge in [0.15, 0.2) is 5.82 Å². The first kappa shape index (κ1) is 30.8. The zero-order valence-corrected chi connectivity index (χ0v) is 24.7. The standard InChI is InChI=1S/C25H29Cl3FN5O7/c1-24(2,3)41-21(35)30-15-6-8-32(11-15)19-5-4-16(10-18(19)29)33-12-17(40-23(33)37)13-34(20-7-9-39-31-20)22(36)38-14-25(26,27)28/h4-5,7,9-10,15,17H,6,8,11-14H2,1-3H3,(H,30,35)/t15?,17-/m1/s1. The third kappa shape index (κ3) is 8.43. The molecule has 1 aromatic heterocycles. The maximum Gasteiger partial charge on any atom is 0.415 e. The highest BCUT2D eigenvalue weighted by atomic mass is 35.6. The van der Waals surface area contributed by atoms with Gasteiger partial charge in [0.25, 0.3) is 0 Å². The van der Waals surface area contributed by atoms with Crippen LogP contribution in [0.4, 0.5) is 36.0 Å². The third-order valence-corrected chi connectivity index (χ3v) is 6.36. The van der Waals surface area contributed by atoms with Gasteiger partial charge in [-0.15, -0.1) is 0 Å². The van der Waals surface area contributed by atoms with E-state index in [1.165, 1.54) is 23.3 Å². The summed E-state index contributed by atoms with van der Waals surface area (Å²) in [6, 6.07) is 5.61. The Morgan fingerprint density at radius 1 is 1.22 bits per heavy atom. The van der Waals surface area contributed by atoms with Crippen molar-refractivity contribution in [3.63, 3.8) is 0 Å². The fourth-order valence-electron chi connectivity index (χ4n) is 4.35. The molecule has 16 heteroatoms. The van der Waals surface area contributed by atoms with E-state index in [2.05, 4.69) is 10.5 Å². The lowest BCUT2D eigenvalue weighted by atomic mass is 10.2. The van der Waals surface area contributed by atoms with Crippen LogP contribution < -0.4 is 20.0 Å². The van der Waals surface area contributed by atoms with Gasteiger partial charge in [-0.05, 0) is 45.4 Å². The van der Waals surface area contributed by atoms with Gasteiger partial charge in [0.2, 0.25) is 3.79 Å². The molecular formula is C25H29Cl3FN5O7. The minimum atomic E-state index is -1.83. The van der Waals surface area contributed by atoms with E-state index >= 15 is 4.39 Å². The van der Waals surface area contributed by atoms with Crippen LogP contribution in [0.25, 0.3) is 0 Å². The Morgan fingerprint density at radius 3 is 2.61 bits per heavy atom. The minimum absolute atomic E-state index is 0.00923. The summed E-state index contributed by atoms with van der Waals surface area (Å²) in [5.41, 5.74) is -0.0165. The lowest BCUT2D eigenvalue weighted by Crippen LogP contribution is -2.40. The molecule has 4 rings (SSSR count). The van der Waals surface area contributed by atoms with Crippen LogP contribution in [-0.2, 0) is 14.2 Å².